The molecule has 3 fully saturated rings. The predicted octanol–water partition coefficient (Wildman–Crippen LogP) is 0.522. The van der Waals surface area contributed by atoms with Crippen LogP contribution in [0.1, 0.15) is 25.7 Å². The van der Waals surface area contributed by atoms with Gasteiger partial charge in [0.2, 0.25) is 0 Å². The van der Waals surface area contributed by atoms with Crippen LogP contribution in [0.4, 0.5) is 0 Å². The van der Waals surface area contributed by atoms with Gasteiger partial charge in [0.25, 0.3) is 0 Å². The molecule has 3 heterocycles. The number of likely N-dealkylation sites (tertiary alicyclic amines) is 2. The van der Waals surface area contributed by atoms with E-state index >= 15 is 0 Å². The fourth-order valence-electron chi connectivity index (χ4n) is 3.83. The minimum atomic E-state index is 0.250. The van der Waals surface area contributed by atoms with Gasteiger partial charge >= 0.3 is 0 Å². The molecule has 0 aromatic rings. The monoisotopic (exact) mass is 253 g/mol. The lowest BCUT2D eigenvalue weighted by molar-refractivity contribution is 0.120. The average Bonchev–Trinajstić information content (AvgIpc) is 3.10. The summed E-state index contributed by atoms with van der Waals surface area (Å²) < 4.78 is 5.57. The zero-order chi connectivity index (χ0) is 12.4. The summed E-state index contributed by atoms with van der Waals surface area (Å²) in [6.07, 6.45) is 5.30. The van der Waals surface area contributed by atoms with E-state index in [1.165, 1.54) is 45.4 Å². The van der Waals surface area contributed by atoms with Crippen molar-refractivity contribution in [2.24, 2.45) is 11.1 Å². The van der Waals surface area contributed by atoms with Gasteiger partial charge in [-0.1, -0.05) is 0 Å². The first-order chi connectivity index (χ1) is 8.81. The molecule has 0 spiro atoms. The number of nitrogens with zero attached hydrogens (tertiary/aromatic N) is 2. The van der Waals surface area contributed by atoms with E-state index in [0.717, 1.165) is 38.8 Å². The lowest BCUT2D eigenvalue weighted by Gasteiger charge is -2.31. The molecular formula is C14H27N3O. The third-order valence-corrected chi connectivity index (χ3v) is 5.08. The summed E-state index contributed by atoms with van der Waals surface area (Å²) in [6, 6.07) is 0.810. The van der Waals surface area contributed by atoms with E-state index in [-0.39, 0.29) is 5.41 Å². The Morgan fingerprint density at radius 3 is 2.72 bits per heavy atom. The Bertz CT molecular complexity index is 272. The normalized spacial score (nSPS) is 38.8. The Morgan fingerprint density at radius 1 is 1.22 bits per heavy atom. The molecule has 0 aliphatic carbocycles. The molecule has 2 N–H and O–H groups in total. The van der Waals surface area contributed by atoms with E-state index in [4.69, 9.17) is 10.5 Å². The third-order valence-electron chi connectivity index (χ3n) is 5.08. The van der Waals surface area contributed by atoms with Crippen LogP contribution in [-0.4, -0.2) is 68.3 Å². The lowest BCUT2D eigenvalue weighted by Crippen LogP contribution is -2.43. The fourth-order valence-corrected chi connectivity index (χ4v) is 3.83. The van der Waals surface area contributed by atoms with Crippen molar-refractivity contribution in [3.05, 3.63) is 0 Å². The van der Waals surface area contributed by atoms with Crippen molar-refractivity contribution in [3.8, 4) is 0 Å². The molecule has 2 atom stereocenters. The molecule has 4 heteroatoms. The SMILES string of the molecule is NCC1(CN2CCC(N3CCCC3)C2)CCOC1. The summed E-state index contributed by atoms with van der Waals surface area (Å²) in [4.78, 5) is 5.32. The standard InChI is InChI=1S/C14H27N3O/c15-10-14(4-8-18-12-14)11-16-7-3-13(9-16)17-5-1-2-6-17/h13H,1-12,15H2. The van der Waals surface area contributed by atoms with Crippen LogP contribution in [0.3, 0.4) is 0 Å². The Morgan fingerprint density at radius 2 is 2.06 bits per heavy atom. The van der Waals surface area contributed by atoms with Gasteiger partial charge in [0, 0.05) is 37.7 Å². The van der Waals surface area contributed by atoms with E-state index in [9.17, 15) is 0 Å². The predicted molar refractivity (Wildman–Crippen MR) is 72.6 cm³/mol. The van der Waals surface area contributed by atoms with Gasteiger partial charge in [-0.3, -0.25) is 4.90 Å². The zero-order valence-corrected chi connectivity index (χ0v) is 11.4. The summed E-state index contributed by atoms with van der Waals surface area (Å²) in [7, 11) is 0. The molecule has 0 aromatic heterocycles. The third kappa shape index (κ3) is 2.57. The number of ether oxygens (including phenoxy) is 1. The van der Waals surface area contributed by atoms with E-state index < -0.39 is 0 Å². The first kappa shape index (κ1) is 12.9. The van der Waals surface area contributed by atoms with Gasteiger partial charge in [0.05, 0.1) is 6.61 Å². The Balaban J connectivity index is 1.52. The molecule has 0 aromatic carbocycles. The number of rotatable bonds is 4. The van der Waals surface area contributed by atoms with Crippen LogP contribution >= 0.6 is 0 Å². The molecule has 3 saturated heterocycles. The second-order valence-corrected chi connectivity index (χ2v) is 6.43. The van der Waals surface area contributed by atoms with E-state index in [2.05, 4.69) is 9.80 Å². The summed E-state index contributed by atoms with van der Waals surface area (Å²) in [6.45, 7) is 8.85. The first-order valence-electron chi connectivity index (χ1n) is 7.56. The molecule has 0 saturated carbocycles. The van der Waals surface area contributed by atoms with Gasteiger partial charge in [-0.05, 0) is 45.3 Å². The van der Waals surface area contributed by atoms with Gasteiger partial charge in [0.15, 0.2) is 0 Å². The molecular weight excluding hydrogens is 226 g/mol. The molecule has 3 aliphatic rings. The zero-order valence-electron chi connectivity index (χ0n) is 11.4. The molecule has 4 nitrogen and oxygen atoms in total. The highest BCUT2D eigenvalue weighted by atomic mass is 16.5. The first-order valence-corrected chi connectivity index (χ1v) is 7.56. The molecule has 3 rings (SSSR count). The second kappa shape index (κ2) is 5.45. The second-order valence-electron chi connectivity index (χ2n) is 6.43. The van der Waals surface area contributed by atoms with Gasteiger partial charge in [-0.25, -0.2) is 0 Å². The molecule has 2 unspecified atom stereocenters. The van der Waals surface area contributed by atoms with Crippen molar-refractivity contribution >= 4 is 0 Å². The number of hydrogen-bond acceptors (Lipinski definition) is 4. The van der Waals surface area contributed by atoms with Crippen LogP contribution < -0.4 is 5.73 Å². The highest BCUT2D eigenvalue weighted by Gasteiger charge is 2.38. The highest BCUT2D eigenvalue weighted by molar-refractivity contribution is 4.92. The molecule has 3 aliphatic heterocycles. The maximum atomic E-state index is 5.99. The van der Waals surface area contributed by atoms with Gasteiger partial charge in [0.1, 0.15) is 0 Å². The van der Waals surface area contributed by atoms with Crippen molar-refractivity contribution < 1.29 is 4.74 Å². The number of nitrogens with two attached hydrogens (primary N) is 1. The molecule has 0 radical (unpaired) electrons. The van der Waals surface area contributed by atoms with Gasteiger partial charge in [-0.2, -0.15) is 0 Å². The molecule has 0 amide bonds. The van der Waals surface area contributed by atoms with Gasteiger partial charge < -0.3 is 15.4 Å². The van der Waals surface area contributed by atoms with E-state index in [1.54, 1.807) is 0 Å². The Labute approximate surface area is 110 Å². The maximum absolute atomic E-state index is 5.99. The molecule has 0 bridgehead atoms. The van der Waals surface area contributed by atoms with Crippen molar-refractivity contribution in [1.82, 2.24) is 9.80 Å². The van der Waals surface area contributed by atoms with E-state index in [0.29, 0.717) is 0 Å². The van der Waals surface area contributed by atoms with Crippen LogP contribution in [-0.2, 0) is 4.74 Å². The summed E-state index contributed by atoms with van der Waals surface area (Å²) in [5.74, 6) is 0. The van der Waals surface area contributed by atoms with Crippen LogP contribution in [0.5, 0.6) is 0 Å². The van der Waals surface area contributed by atoms with Crippen LogP contribution in [0.15, 0.2) is 0 Å². The Kier molecular flexibility index (Phi) is 3.89. The minimum Gasteiger partial charge on any atom is -0.381 e. The van der Waals surface area contributed by atoms with Crippen LogP contribution in [0.2, 0.25) is 0 Å². The smallest absolute Gasteiger partial charge is 0.0547 e. The van der Waals surface area contributed by atoms with Crippen molar-refractivity contribution in [3.63, 3.8) is 0 Å². The minimum absolute atomic E-state index is 0.250. The molecule has 104 valence electrons. The average molecular weight is 253 g/mol. The summed E-state index contributed by atoms with van der Waals surface area (Å²) in [5.41, 5.74) is 6.24. The van der Waals surface area contributed by atoms with Crippen LogP contribution in [0, 0.1) is 5.41 Å². The highest BCUT2D eigenvalue weighted by Crippen LogP contribution is 2.30. The van der Waals surface area contributed by atoms with Crippen molar-refractivity contribution in [1.29, 1.82) is 0 Å². The topological polar surface area (TPSA) is 41.7 Å². The maximum Gasteiger partial charge on any atom is 0.0547 e. The van der Waals surface area contributed by atoms with Crippen LogP contribution in [0.25, 0.3) is 0 Å². The van der Waals surface area contributed by atoms with Gasteiger partial charge in [-0.15, -0.1) is 0 Å². The van der Waals surface area contributed by atoms with Crippen molar-refractivity contribution in [2.75, 3.05) is 52.5 Å². The largest absolute Gasteiger partial charge is 0.381 e. The number of hydrogen-bond donors (Lipinski definition) is 1. The fraction of sp³-hybridized carbons (Fsp3) is 1.00. The van der Waals surface area contributed by atoms with E-state index in [1.807, 2.05) is 0 Å². The summed E-state index contributed by atoms with van der Waals surface area (Å²) in [5, 5.41) is 0. The molecule has 18 heavy (non-hydrogen) atoms. The Hall–Kier alpha value is -0.160. The lowest BCUT2D eigenvalue weighted by atomic mass is 9.87. The van der Waals surface area contributed by atoms with Crippen molar-refractivity contribution in [2.45, 2.75) is 31.7 Å². The quantitative estimate of drug-likeness (QED) is 0.793. The summed E-state index contributed by atoms with van der Waals surface area (Å²) >= 11 is 0.